The van der Waals surface area contributed by atoms with Crippen LogP contribution in [0.25, 0.3) is 0 Å². The Morgan fingerprint density at radius 2 is 2.00 bits per heavy atom. The fourth-order valence-corrected chi connectivity index (χ4v) is 2.70. The summed E-state index contributed by atoms with van der Waals surface area (Å²) in [4.78, 5) is 35.6. The maximum atomic E-state index is 12.2. The van der Waals surface area contributed by atoms with Gasteiger partial charge in [-0.3, -0.25) is 14.4 Å². The normalized spacial score (nSPS) is 21.9. The van der Waals surface area contributed by atoms with Gasteiger partial charge in [-0.1, -0.05) is 30.3 Å². The molecule has 3 atom stereocenters. The van der Waals surface area contributed by atoms with Gasteiger partial charge < -0.3 is 16.0 Å². The molecule has 6 nitrogen and oxygen atoms in total. The first-order chi connectivity index (χ1) is 10.9. The third-order valence-corrected chi connectivity index (χ3v) is 3.80. The summed E-state index contributed by atoms with van der Waals surface area (Å²) in [5, 5.41) is 8.33. The van der Waals surface area contributed by atoms with E-state index in [1.807, 2.05) is 37.3 Å². The fraction of sp³-hybridized carbons (Fsp3) is 0.471. The van der Waals surface area contributed by atoms with Gasteiger partial charge in [-0.25, -0.2) is 0 Å². The second-order valence-electron chi connectivity index (χ2n) is 6.07. The number of rotatable bonds is 5. The lowest BCUT2D eigenvalue weighted by molar-refractivity contribution is -0.130. The van der Waals surface area contributed by atoms with Crippen LogP contribution < -0.4 is 16.0 Å². The van der Waals surface area contributed by atoms with Gasteiger partial charge in [0, 0.05) is 18.5 Å². The molecule has 1 fully saturated rings. The summed E-state index contributed by atoms with van der Waals surface area (Å²) < 4.78 is 0. The number of nitrogens with one attached hydrogen (secondary N) is 3. The third-order valence-electron chi connectivity index (χ3n) is 3.80. The van der Waals surface area contributed by atoms with Gasteiger partial charge in [0.1, 0.15) is 6.04 Å². The Kier molecular flexibility index (Phi) is 5.73. The van der Waals surface area contributed by atoms with Gasteiger partial charge in [-0.2, -0.15) is 0 Å². The average molecular weight is 317 g/mol. The van der Waals surface area contributed by atoms with Crippen LogP contribution in [0.1, 0.15) is 32.3 Å². The molecule has 0 aliphatic carbocycles. The third kappa shape index (κ3) is 5.39. The first-order valence-electron chi connectivity index (χ1n) is 7.87. The number of hydrogen-bond acceptors (Lipinski definition) is 3. The molecule has 2 unspecified atom stereocenters. The van der Waals surface area contributed by atoms with Crippen molar-refractivity contribution in [3.05, 3.63) is 35.9 Å². The summed E-state index contributed by atoms with van der Waals surface area (Å²) in [6.07, 6.45) is 1.21. The van der Waals surface area contributed by atoms with E-state index in [0.29, 0.717) is 6.42 Å². The Balaban J connectivity index is 1.80. The van der Waals surface area contributed by atoms with E-state index in [0.717, 1.165) is 5.56 Å². The van der Waals surface area contributed by atoms with Crippen LogP contribution in [0.3, 0.4) is 0 Å². The van der Waals surface area contributed by atoms with E-state index in [-0.39, 0.29) is 42.6 Å². The minimum atomic E-state index is -0.633. The average Bonchev–Trinajstić information content (AvgIpc) is 2.46. The van der Waals surface area contributed by atoms with Crippen molar-refractivity contribution in [3.8, 4) is 0 Å². The van der Waals surface area contributed by atoms with Crippen molar-refractivity contribution in [2.75, 3.05) is 0 Å². The van der Waals surface area contributed by atoms with Crippen molar-refractivity contribution in [1.29, 1.82) is 0 Å². The molecule has 124 valence electrons. The SMILES string of the molecule is CC1CC(NC(=O)[C@H](C)NC(=O)Cc2ccccc2)CC(=O)N1. The van der Waals surface area contributed by atoms with Crippen LogP contribution in [0.4, 0.5) is 0 Å². The predicted molar refractivity (Wildman–Crippen MR) is 86.5 cm³/mol. The summed E-state index contributed by atoms with van der Waals surface area (Å²) in [5.74, 6) is -0.526. The lowest BCUT2D eigenvalue weighted by Gasteiger charge is -2.29. The molecule has 0 bridgehead atoms. The molecule has 1 heterocycles. The molecule has 1 saturated heterocycles. The first-order valence-corrected chi connectivity index (χ1v) is 7.87. The molecule has 1 aliphatic heterocycles. The zero-order valence-corrected chi connectivity index (χ0v) is 13.5. The van der Waals surface area contributed by atoms with Crippen LogP contribution in [0.2, 0.25) is 0 Å². The highest BCUT2D eigenvalue weighted by Crippen LogP contribution is 2.09. The Labute approximate surface area is 136 Å². The Bertz CT molecular complexity index is 574. The molecule has 1 aromatic rings. The Morgan fingerprint density at radius 1 is 1.30 bits per heavy atom. The maximum Gasteiger partial charge on any atom is 0.242 e. The monoisotopic (exact) mass is 317 g/mol. The molecule has 0 aromatic heterocycles. The van der Waals surface area contributed by atoms with Gasteiger partial charge in [0.2, 0.25) is 17.7 Å². The molecule has 1 aliphatic rings. The van der Waals surface area contributed by atoms with E-state index in [9.17, 15) is 14.4 Å². The number of benzene rings is 1. The van der Waals surface area contributed by atoms with Crippen LogP contribution in [0.15, 0.2) is 30.3 Å². The van der Waals surface area contributed by atoms with Gasteiger partial charge in [0.15, 0.2) is 0 Å². The first kappa shape index (κ1) is 17.0. The van der Waals surface area contributed by atoms with E-state index in [1.165, 1.54) is 0 Å². The second-order valence-corrected chi connectivity index (χ2v) is 6.07. The summed E-state index contributed by atoms with van der Waals surface area (Å²) in [5.41, 5.74) is 0.899. The highest BCUT2D eigenvalue weighted by Gasteiger charge is 2.26. The number of hydrogen-bond donors (Lipinski definition) is 3. The molecule has 0 spiro atoms. The maximum absolute atomic E-state index is 12.2. The van der Waals surface area contributed by atoms with Crippen LogP contribution >= 0.6 is 0 Å². The van der Waals surface area contributed by atoms with Crippen LogP contribution in [-0.2, 0) is 20.8 Å². The summed E-state index contributed by atoms with van der Waals surface area (Å²) in [6, 6.07) is 8.59. The highest BCUT2D eigenvalue weighted by atomic mass is 16.2. The molecule has 23 heavy (non-hydrogen) atoms. The number of piperidine rings is 1. The van der Waals surface area contributed by atoms with Gasteiger partial charge in [-0.05, 0) is 25.8 Å². The van der Waals surface area contributed by atoms with Crippen molar-refractivity contribution >= 4 is 17.7 Å². The van der Waals surface area contributed by atoms with E-state index < -0.39 is 6.04 Å². The van der Waals surface area contributed by atoms with Crippen molar-refractivity contribution in [2.45, 2.75) is 51.2 Å². The summed E-state index contributed by atoms with van der Waals surface area (Å²) >= 11 is 0. The number of carbonyl (C=O) groups is 3. The molecule has 0 radical (unpaired) electrons. The molecular formula is C17H23N3O3. The Hall–Kier alpha value is -2.37. The van der Waals surface area contributed by atoms with Crippen molar-refractivity contribution in [1.82, 2.24) is 16.0 Å². The topological polar surface area (TPSA) is 87.3 Å². The minimum absolute atomic E-state index is 0.0459. The smallest absolute Gasteiger partial charge is 0.242 e. The van der Waals surface area contributed by atoms with E-state index in [1.54, 1.807) is 6.92 Å². The number of amides is 3. The van der Waals surface area contributed by atoms with E-state index >= 15 is 0 Å². The van der Waals surface area contributed by atoms with Crippen molar-refractivity contribution in [3.63, 3.8) is 0 Å². The van der Waals surface area contributed by atoms with Gasteiger partial charge in [0.05, 0.1) is 6.42 Å². The van der Waals surface area contributed by atoms with Crippen LogP contribution in [0.5, 0.6) is 0 Å². The molecular weight excluding hydrogens is 294 g/mol. The van der Waals surface area contributed by atoms with Crippen molar-refractivity contribution < 1.29 is 14.4 Å². The summed E-state index contributed by atoms with van der Waals surface area (Å²) in [7, 11) is 0. The molecule has 3 amide bonds. The predicted octanol–water partition coefficient (Wildman–Crippen LogP) is 0.517. The van der Waals surface area contributed by atoms with Gasteiger partial charge >= 0.3 is 0 Å². The largest absolute Gasteiger partial charge is 0.354 e. The standard InChI is InChI=1S/C17H23N3O3/c1-11-8-14(10-16(22)18-11)20-17(23)12(2)19-15(21)9-13-6-4-3-5-7-13/h3-7,11-12,14H,8-10H2,1-2H3,(H,18,22)(H,19,21)(H,20,23)/t11?,12-,14?/m0/s1. The van der Waals surface area contributed by atoms with Gasteiger partial charge in [0.25, 0.3) is 0 Å². The molecule has 0 saturated carbocycles. The fourth-order valence-electron chi connectivity index (χ4n) is 2.70. The molecule has 1 aromatic carbocycles. The summed E-state index contributed by atoms with van der Waals surface area (Å²) in [6.45, 7) is 3.55. The van der Waals surface area contributed by atoms with Crippen molar-refractivity contribution in [2.24, 2.45) is 0 Å². The second kappa shape index (κ2) is 7.76. The minimum Gasteiger partial charge on any atom is -0.354 e. The van der Waals surface area contributed by atoms with Crippen LogP contribution in [-0.4, -0.2) is 35.8 Å². The van der Waals surface area contributed by atoms with Gasteiger partial charge in [-0.15, -0.1) is 0 Å². The van der Waals surface area contributed by atoms with Crippen LogP contribution in [0, 0.1) is 0 Å². The molecule has 6 heteroatoms. The highest BCUT2D eigenvalue weighted by molar-refractivity contribution is 5.88. The Morgan fingerprint density at radius 3 is 2.65 bits per heavy atom. The molecule has 2 rings (SSSR count). The lowest BCUT2D eigenvalue weighted by Crippen LogP contribution is -2.53. The quantitative estimate of drug-likeness (QED) is 0.740. The number of carbonyl (C=O) groups excluding carboxylic acids is 3. The zero-order chi connectivity index (χ0) is 16.8. The van der Waals surface area contributed by atoms with E-state index in [4.69, 9.17) is 0 Å². The molecule has 3 N–H and O–H groups in total. The lowest BCUT2D eigenvalue weighted by atomic mass is 10.00. The zero-order valence-electron chi connectivity index (χ0n) is 13.5. The van der Waals surface area contributed by atoms with E-state index in [2.05, 4.69) is 16.0 Å².